The van der Waals surface area contributed by atoms with E-state index >= 15 is 0 Å². The Morgan fingerprint density at radius 1 is 0.481 bits per heavy atom. The Kier molecular flexibility index (Phi) is 15.7. The largest absolute Gasteiger partial charge is 0.384 e. The Bertz CT molecular complexity index is 4160. The molecule has 0 spiro atoms. The number of hydrogen-bond acceptors (Lipinski definition) is 10. The number of pyridine rings is 3. The van der Waals surface area contributed by atoms with Crippen LogP contribution in [-0.4, -0.2) is 59.8 Å². The first kappa shape index (κ1) is 56.7. The van der Waals surface area contributed by atoms with Crippen molar-refractivity contribution < 1.29 is 25.3 Å². The SMILES string of the molecule is C.CC1(C)CN(S(=O)(=O)c2cccc3c(=O)[nH]ccc23)c2ccccc21.CC1(C)CN(S(=O)(=O)c2cccc3c(Cl)nccc23)c2ccccc21.CC1(C)CNc2ccccc21.O=S(=O)(Cl)c1cccc2c(Cl)nccc12. The van der Waals surface area contributed by atoms with Gasteiger partial charge in [0.1, 0.15) is 10.3 Å². The van der Waals surface area contributed by atoms with Crippen molar-refractivity contribution in [3.8, 4) is 0 Å². The van der Waals surface area contributed by atoms with E-state index in [0.29, 0.717) is 61.7 Å². The maximum absolute atomic E-state index is 13.5. The normalized spacial score (nSPS) is 15.5. The zero-order valence-electron chi connectivity index (χ0n) is 42.2. The van der Waals surface area contributed by atoms with Crippen molar-refractivity contribution in [3.05, 3.63) is 202 Å². The molecule has 77 heavy (non-hydrogen) atoms. The molecule has 0 aliphatic carbocycles. The molecule has 6 aromatic carbocycles. The molecule has 9 aromatic rings. The highest BCUT2D eigenvalue weighted by Crippen LogP contribution is 2.45. The Morgan fingerprint density at radius 2 is 0.896 bits per heavy atom. The second kappa shape index (κ2) is 21.4. The number of nitrogens with one attached hydrogen (secondary N) is 2. The minimum absolute atomic E-state index is 0. The van der Waals surface area contributed by atoms with Crippen LogP contribution in [0, 0.1) is 0 Å². The molecule has 0 atom stereocenters. The van der Waals surface area contributed by atoms with Crippen molar-refractivity contribution in [2.45, 2.75) is 79.9 Å². The number of anilines is 3. The molecule has 0 saturated heterocycles. The van der Waals surface area contributed by atoms with E-state index in [1.807, 2.05) is 62.4 Å². The second-order valence-corrected chi connectivity index (χ2v) is 27.4. The third-order valence-electron chi connectivity index (χ3n) is 13.9. The van der Waals surface area contributed by atoms with E-state index < -0.39 is 29.1 Å². The first-order valence-electron chi connectivity index (χ1n) is 24.0. The van der Waals surface area contributed by atoms with Gasteiger partial charge >= 0.3 is 0 Å². The van der Waals surface area contributed by atoms with Crippen molar-refractivity contribution >= 4 is 112 Å². The number of H-pyrrole nitrogens is 1. The van der Waals surface area contributed by atoms with Crippen LogP contribution in [0.4, 0.5) is 17.1 Å². The quantitative estimate of drug-likeness (QED) is 0.124. The highest BCUT2D eigenvalue weighted by molar-refractivity contribution is 8.14. The summed E-state index contributed by atoms with van der Waals surface area (Å²) in [6.07, 6.45) is 4.45. The smallest absolute Gasteiger partial charge is 0.264 e. The van der Waals surface area contributed by atoms with Crippen LogP contribution in [0.5, 0.6) is 0 Å². The lowest BCUT2D eigenvalue weighted by molar-refractivity contribution is 0.555. The summed E-state index contributed by atoms with van der Waals surface area (Å²) in [6.45, 7) is 14.6. The van der Waals surface area contributed by atoms with Gasteiger partial charge in [0.05, 0.1) is 26.1 Å². The van der Waals surface area contributed by atoms with Crippen LogP contribution in [0.1, 0.15) is 65.7 Å². The predicted octanol–water partition coefficient (Wildman–Crippen LogP) is 13.2. The number of halogens is 3. The molecular formula is C58H57Cl3N6O7S3. The predicted molar refractivity (Wildman–Crippen MR) is 314 cm³/mol. The standard InChI is InChI=1S/C19H17ClN2O2S.C19H18N2O3S.C10H13N.C9H5Cl2NO2S.CH4/c1-19(2)12-22(16-8-4-3-7-15(16)19)25(23,24)17-9-5-6-14-13(17)10-11-21-18(14)20;1-19(2)12-21(16-8-4-3-7-15(16)19)25(23,24)17-9-5-6-14-13(17)10-11-20-18(14)22;1-10(2)7-11-9-6-4-3-5-8(9)10;10-9-7-2-1-3-8(15(11,13)14)6(7)4-5-12-9;/h3-11H,12H2,1-2H3;3-11H,12H2,1-2H3,(H,20,22);3-6,11H,7H2,1-2H3;1-5H;1H4. The van der Waals surface area contributed by atoms with Crippen molar-refractivity contribution in [3.63, 3.8) is 0 Å². The van der Waals surface area contributed by atoms with Gasteiger partial charge in [-0.15, -0.1) is 0 Å². The van der Waals surface area contributed by atoms with Gasteiger partial charge in [0.2, 0.25) is 0 Å². The number of fused-ring (bicyclic) bond motifs is 6. The number of nitrogens with zero attached hydrogens (tertiary/aromatic N) is 4. The fourth-order valence-corrected chi connectivity index (χ4v) is 15.3. The number of rotatable bonds is 5. The lowest BCUT2D eigenvalue weighted by atomic mass is 9.87. The Morgan fingerprint density at radius 3 is 1.38 bits per heavy atom. The van der Waals surface area contributed by atoms with Crippen molar-refractivity contribution in [1.29, 1.82) is 0 Å². The Balaban J connectivity index is 0.000000142. The number of aromatic nitrogens is 3. The number of aromatic amines is 1. The maximum atomic E-state index is 13.5. The summed E-state index contributed by atoms with van der Waals surface area (Å²) in [6, 6.07) is 43.3. The number of para-hydroxylation sites is 3. The Labute approximate surface area is 464 Å². The van der Waals surface area contributed by atoms with Gasteiger partial charge in [-0.1, -0.05) is 157 Å². The molecule has 2 N–H and O–H groups in total. The average Bonchev–Trinajstić information content (AvgIpc) is 4.00. The average molecular weight is 1150 g/mol. The van der Waals surface area contributed by atoms with Crippen LogP contribution in [0.15, 0.2) is 184 Å². The van der Waals surface area contributed by atoms with Crippen LogP contribution in [0.3, 0.4) is 0 Å². The molecule has 0 amide bonds. The van der Waals surface area contributed by atoms with E-state index in [9.17, 15) is 30.0 Å². The summed E-state index contributed by atoms with van der Waals surface area (Å²) in [5.41, 5.74) is 5.75. The topological polar surface area (TPSA) is 180 Å². The van der Waals surface area contributed by atoms with Gasteiger partial charge in [-0.25, -0.2) is 35.2 Å². The third kappa shape index (κ3) is 10.9. The van der Waals surface area contributed by atoms with E-state index in [0.717, 1.165) is 23.4 Å². The fraction of sp³-hybridized carbons (Fsp3) is 0.224. The summed E-state index contributed by atoms with van der Waals surface area (Å²) in [5, 5.41) is 7.03. The van der Waals surface area contributed by atoms with Crippen LogP contribution >= 0.6 is 33.9 Å². The van der Waals surface area contributed by atoms with Gasteiger partial charge < -0.3 is 10.3 Å². The van der Waals surface area contributed by atoms with Gasteiger partial charge in [0.25, 0.3) is 34.7 Å². The van der Waals surface area contributed by atoms with Gasteiger partial charge in [-0.3, -0.25) is 13.4 Å². The molecule has 13 nitrogen and oxygen atoms in total. The first-order valence-corrected chi connectivity index (χ1v) is 30.0. The maximum Gasteiger partial charge on any atom is 0.264 e. The second-order valence-electron chi connectivity index (χ2n) is 20.5. The number of hydrogen-bond donors (Lipinski definition) is 2. The van der Waals surface area contributed by atoms with E-state index in [4.69, 9.17) is 33.9 Å². The highest BCUT2D eigenvalue weighted by atomic mass is 35.7. The van der Waals surface area contributed by atoms with Crippen LogP contribution in [0.25, 0.3) is 32.3 Å². The number of benzene rings is 6. The minimum Gasteiger partial charge on any atom is -0.384 e. The monoisotopic (exact) mass is 1150 g/mol. The first-order chi connectivity index (χ1) is 35.8. The zero-order chi connectivity index (χ0) is 54.6. The molecule has 12 rings (SSSR count). The van der Waals surface area contributed by atoms with Crippen LogP contribution < -0.4 is 19.5 Å². The Hall–Kier alpha value is -6.53. The van der Waals surface area contributed by atoms with E-state index in [1.54, 1.807) is 66.7 Å². The molecule has 3 aliphatic heterocycles. The highest BCUT2D eigenvalue weighted by Gasteiger charge is 2.43. The molecule has 0 fully saturated rings. The molecule has 6 heterocycles. The fourth-order valence-electron chi connectivity index (χ4n) is 10.0. The summed E-state index contributed by atoms with van der Waals surface area (Å²) in [4.78, 5) is 23.0. The summed E-state index contributed by atoms with van der Waals surface area (Å²) < 4.78 is 79.3. The molecule has 0 unspecified atom stereocenters. The molecule has 400 valence electrons. The molecular weight excluding hydrogens is 1100 g/mol. The number of sulfonamides is 2. The van der Waals surface area contributed by atoms with E-state index in [2.05, 4.69) is 72.2 Å². The lowest BCUT2D eigenvalue weighted by Crippen LogP contribution is -2.34. The molecule has 19 heteroatoms. The van der Waals surface area contributed by atoms with Gasteiger partial charge in [0, 0.05) is 103 Å². The lowest BCUT2D eigenvalue weighted by Gasteiger charge is -2.23. The van der Waals surface area contributed by atoms with Gasteiger partial charge in [0.15, 0.2) is 0 Å². The molecule has 3 aliphatic rings. The van der Waals surface area contributed by atoms with Crippen LogP contribution in [-0.2, 0) is 45.3 Å². The van der Waals surface area contributed by atoms with Crippen molar-refractivity contribution in [2.24, 2.45) is 0 Å². The van der Waals surface area contributed by atoms with Crippen molar-refractivity contribution in [2.75, 3.05) is 33.6 Å². The molecule has 0 saturated carbocycles. The summed E-state index contributed by atoms with van der Waals surface area (Å²) in [7, 11) is -5.97. The van der Waals surface area contributed by atoms with E-state index in [-0.39, 0.29) is 43.7 Å². The zero-order valence-corrected chi connectivity index (χ0v) is 46.9. The summed E-state index contributed by atoms with van der Waals surface area (Å²) >= 11 is 12.0. The molecule has 3 aromatic heterocycles. The van der Waals surface area contributed by atoms with E-state index in [1.165, 1.54) is 44.5 Å². The molecule has 0 radical (unpaired) electrons. The minimum atomic E-state index is -3.79. The summed E-state index contributed by atoms with van der Waals surface area (Å²) in [5.74, 6) is 0. The van der Waals surface area contributed by atoms with Gasteiger partial charge in [-0.05, 0) is 77.4 Å². The molecule has 0 bridgehead atoms. The van der Waals surface area contributed by atoms with Crippen LogP contribution in [0.2, 0.25) is 10.3 Å². The third-order valence-corrected chi connectivity index (χ3v) is 19.5. The van der Waals surface area contributed by atoms with Crippen molar-refractivity contribution in [1.82, 2.24) is 15.0 Å². The van der Waals surface area contributed by atoms with Gasteiger partial charge in [-0.2, -0.15) is 0 Å².